The molecule has 0 aliphatic heterocycles. The van der Waals surface area contributed by atoms with E-state index in [1.54, 1.807) is 29.2 Å². The van der Waals surface area contributed by atoms with E-state index in [4.69, 9.17) is 4.74 Å². The van der Waals surface area contributed by atoms with Crippen LogP contribution in [-0.2, 0) is 6.18 Å². The van der Waals surface area contributed by atoms with E-state index in [0.29, 0.717) is 24.4 Å². The van der Waals surface area contributed by atoms with Crippen molar-refractivity contribution in [3.8, 4) is 17.0 Å². The third-order valence-corrected chi connectivity index (χ3v) is 3.42. The summed E-state index contributed by atoms with van der Waals surface area (Å²) in [6.07, 6.45) is -4.53. The number of hydrogen-bond donors (Lipinski definition) is 0. The van der Waals surface area contributed by atoms with Crippen molar-refractivity contribution in [3.05, 3.63) is 36.0 Å². The maximum atomic E-state index is 13.1. The third kappa shape index (κ3) is 3.91. The van der Waals surface area contributed by atoms with E-state index < -0.39 is 11.9 Å². The number of hydrogen-bond acceptors (Lipinski definition) is 4. The molecule has 1 aromatic carbocycles. The molecule has 1 aromatic heterocycles. The Hall–Kier alpha value is -2.31. The van der Waals surface area contributed by atoms with E-state index in [1.165, 1.54) is 7.11 Å². The molecule has 0 bridgehead atoms. The van der Waals surface area contributed by atoms with E-state index in [9.17, 15) is 13.2 Å². The summed E-state index contributed by atoms with van der Waals surface area (Å²) in [5, 5.41) is 0. The maximum absolute atomic E-state index is 13.1. The maximum Gasteiger partial charge on any atom is 0.433 e. The number of halogens is 3. The van der Waals surface area contributed by atoms with Crippen molar-refractivity contribution >= 4 is 5.95 Å². The van der Waals surface area contributed by atoms with E-state index in [-0.39, 0.29) is 11.6 Å². The Labute approximate surface area is 132 Å². The SMILES string of the molecule is CCN(CC)c1nc(-c2cccc(OC)c2)cc(C(F)(F)F)n1. The van der Waals surface area contributed by atoms with E-state index in [1.807, 2.05) is 13.8 Å². The van der Waals surface area contributed by atoms with Crippen molar-refractivity contribution in [2.75, 3.05) is 25.1 Å². The predicted molar refractivity (Wildman–Crippen MR) is 82.6 cm³/mol. The summed E-state index contributed by atoms with van der Waals surface area (Å²) in [5.41, 5.74) is -0.189. The molecular weight excluding hydrogens is 307 g/mol. The fraction of sp³-hybridized carbons (Fsp3) is 0.375. The Bertz CT molecular complexity index is 670. The lowest BCUT2D eigenvalue weighted by atomic mass is 10.1. The second-order valence-corrected chi connectivity index (χ2v) is 4.84. The van der Waals surface area contributed by atoms with Crippen molar-refractivity contribution in [2.24, 2.45) is 0 Å². The van der Waals surface area contributed by atoms with Crippen LogP contribution in [0.3, 0.4) is 0 Å². The number of rotatable bonds is 5. The zero-order valence-corrected chi connectivity index (χ0v) is 13.2. The first-order valence-electron chi connectivity index (χ1n) is 7.24. The second kappa shape index (κ2) is 6.85. The molecule has 2 aromatic rings. The molecule has 0 aliphatic rings. The zero-order chi connectivity index (χ0) is 17.0. The number of nitrogens with zero attached hydrogens (tertiary/aromatic N) is 3. The second-order valence-electron chi connectivity index (χ2n) is 4.84. The molecule has 0 saturated heterocycles. The van der Waals surface area contributed by atoms with Gasteiger partial charge in [-0.1, -0.05) is 12.1 Å². The fourth-order valence-corrected chi connectivity index (χ4v) is 2.16. The Morgan fingerprint density at radius 2 is 1.78 bits per heavy atom. The number of alkyl halides is 3. The van der Waals surface area contributed by atoms with Crippen LogP contribution in [0.2, 0.25) is 0 Å². The largest absolute Gasteiger partial charge is 0.497 e. The van der Waals surface area contributed by atoms with Gasteiger partial charge in [0.05, 0.1) is 12.8 Å². The molecule has 1 heterocycles. The van der Waals surface area contributed by atoms with Gasteiger partial charge in [0.1, 0.15) is 5.75 Å². The Morgan fingerprint density at radius 3 is 2.35 bits per heavy atom. The van der Waals surface area contributed by atoms with Gasteiger partial charge in [-0.25, -0.2) is 9.97 Å². The lowest BCUT2D eigenvalue weighted by molar-refractivity contribution is -0.141. The minimum atomic E-state index is -4.53. The van der Waals surface area contributed by atoms with Gasteiger partial charge in [-0.3, -0.25) is 0 Å². The van der Waals surface area contributed by atoms with Crippen LogP contribution in [0.1, 0.15) is 19.5 Å². The monoisotopic (exact) mass is 325 g/mol. The van der Waals surface area contributed by atoms with Crippen molar-refractivity contribution < 1.29 is 17.9 Å². The molecule has 0 spiro atoms. The van der Waals surface area contributed by atoms with E-state index in [0.717, 1.165) is 6.07 Å². The normalized spacial score (nSPS) is 11.4. The number of ether oxygens (including phenoxy) is 1. The van der Waals surface area contributed by atoms with Crippen LogP contribution in [0.5, 0.6) is 5.75 Å². The molecule has 0 amide bonds. The lowest BCUT2D eigenvalue weighted by Crippen LogP contribution is -2.25. The highest BCUT2D eigenvalue weighted by atomic mass is 19.4. The van der Waals surface area contributed by atoms with Crippen LogP contribution in [-0.4, -0.2) is 30.2 Å². The molecule has 2 rings (SSSR count). The van der Waals surface area contributed by atoms with E-state index >= 15 is 0 Å². The molecule has 0 N–H and O–H groups in total. The van der Waals surface area contributed by atoms with Crippen LogP contribution < -0.4 is 9.64 Å². The van der Waals surface area contributed by atoms with Gasteiger partial charge in [0.25, 0.3) is 0 Å². The van der Waals surface area contributed by atoms with Gasteiger partial charge in [0.2, 0.25) is 5.95 Å². The molecule has 4 nitrogen and oxygen atoms in total. The molecule has 0 atom stereocenters. The first kappa shape index (κ1) is 17.1. The molecule has 0 fully saturated rings. The summed E-state index contributed by atoms with van der Waals surface area (Å²) >= 11 is 0. The van der Waals surface area contributed by atoms with Crippen LogP contribution in [0.4, 0.5) is 19.1 Å². The highest BCUT2D eigenvalue weighted by molar-refractivity contribution is 5.63. The van der Waals surface area contributed by atoms with Crippen LogP contribution in [0, 0.1) is 0 Å². The van der Waals surface area contributed by atoms with Crippen molar-refractivity contribution in [3.63, 3.8) is 0 Å². The van der Waals surface area contributed by atoms with Crippen LogP contribution in [0.15, 0.2) is 30.3 Å². The summed E-state index contributed by atoms with van der Waals surface area (Å²) in [6.45, 7) is 4.74. The van der Waals surface area contributed by atoms with Gasteiger partial charge in [-0.15, -0.1) is 0 Å². The van der Waals surface area contributed by atoms with Crippen LogP contribution >= 0.6 is 0 Å². The van der Waals surface area contributed by atoms with Gasteiger partial charge >= 0.3 is 6.18 Å². The van der Waals surface area contributed by atoms with Crippen molar-refractivity contribution in [2.45, 2.75) is 20.0 Å². The lowest BCUT2D eigenvalue weighted by Gasteiger charge is -2.20. The minimum absolute atomic E-state index is 0.0719. The molecule has 23 heavy (non-hydrogen) atoms. The predicted octanol–water partition coefficient (Wildman–Crippen LogP) is 4.02. The molecule has 0 unspecified atom stereocenters. The van der Waals surface area contributed by atoms with Gasteiger partial charge in [0, 0.05) is 18.7 Å². The third-order valence-electron chi connectivity index (χ3n) is 3.42. The van der Waals surface area contributed by atoms with Crippen molar-refractivity contribution in [1.82, 2.24) is 9.97 Å². The molecule has 0 radical (unpaired) electrons. The topological polar surface area (TPSA) is 38.2 Å². The van der Waals surface area contributed by atoms with Crippen molar-refractivity contribution in [1.29, 1.82) is 0 Å². The summed E-state index contributed by atoms with van der Waals surface area (Å²) in [4.78, 5) is 9.65. The molecule has 7 heteroatoms. The standard InChI is InChI=1S/C16H18F3N3O/c1-4-22(5-2)15-20-13(10-14(21-15)16(17,18)19)11-7-6-8-12(9-11)23-3/h6-10H,4-5H2,1-3H3. The number of aromatic nitrogens is 2. The van der Waals surface area contributed by atoms with Crippen LogP contribution in [0.25, 0.3) is 11.3 Å². The van der Waals surface area contributed by atoms with Gasteiger partial charge in [-0.05, 0) is 32.0 Å². The summed E-state index contributed by atoms with van der Waals surface area (Å²) in [7, 11) is 1.50. The zero-order valence-electron chi connectivity index (χ0n) is 13.2. The Balaban J connectivity index is 2.59. The van der Waals surface area contributed by atoms with Gasteiger partial charge in [0.15, 0.2) is 5.69 Å². The Morgan fingerprint density at radius 1 is 1.09 bits per heavy atom. The quantitative estimate of drug-likeness (QED) is 0.832. The molecule has 124 valence electrons. The highest BCUT2D eigenvalue weighted by Crippen LogP contribution is 2.32. The Kier molecular flexibility index (Phi) is 5.08. The number of benzene rings is 1. The van der Waals surface area contributed by atoms with E-state index in [2.05, 4.69) is 9.97 Å². The molecule has 0 saturated carbocycles. The summed E-state index contributed by atoms with van der Waals surface area (Å²) in [5.74, 6) is 0.627. The summed E-state index contributed by atoms with van der Waals surface area (Å²) < 4.78 is 44.6. The average molecular weight is 325 g/mol. The summed E-state index contributed by atoms with van der Waals surface area (Å²) in [6, 6.07) is 7.73. The molecular formula is C16H18F3N3O. The average Bonchev–Trinajstić information content (AvgIpc) is 2.55. The molecule has 0 aliphatic carbocycles. The smallest absolute Gasteiger partial charge is 0.433 e. The van der Waals surface area contributed by atoms with Gasteiger partial charge < -0.3 is 9.64 Å². The minimum Gasteiger partial charge on any atom is -0.497 e. The number of anilines is 1. The number of methoxy groups -OCH3 is 1. The first-order chi connectivity index (χ1) is 10.9. The first-order valence-corrected chi connectivity index (χ1v) is 7.24. The highest BCUT2D eigenvalue weighted by Gasteiger charge is 2.34. The fourth-order valence-electron chi connectivity index (χ4n) is 2.16. The van der Waals surface area contributed by atoms with Gasteiger partial charge in [-0.2, -0.15) is 13.2 Å².